The number of hydrogen-bond acceptors (Lipinski definition) is 3. The summed E-state index contributed by atoms with van der Waals surface area (Å²) in [5.41, 5.74) is 0. The maximum atomic E-state index is 9.20. The largest absolute Gasteiger partial charge is 0.392 e. The number of likely N-dealkylation sites (N-methyl/N-ethyl adjacent to an activating group) is 1. The molecule has 1 heterocycles. The second kappa shape index (κ2) is 5.10. The zero-order valence-corrected chi connectivity index (χ0v) is 8.81. The SMILES string of the molecule is CC(O)CN(C)C1CCCSC1. The molecular formula is C9H19NOS. The van der Waals surface area contributed by atoms with Crippen LogP contribution in [0.3, 0.4) is 0 Å². The third-order valence-electron chi connectivity index (χ3n) is 2.31. The van der Waals surface area contributed by atoms with Crippen molar-refractivity contribution in [3.8, 4) is 0 Å². The summed E-state index contributed by atoms with van der Waals surface area (Å²) < 4.78 is 0. The van der Waals surface area contributed by atoms with Gasteiger partial charge in [0.2, 0.25) is 0 Å². The van der Waals surface area contributed by atoms with E-state index in [9.17, 15) is 5.11 Å². The summed E-state index contributed by atoms with van der Waals surface area (Å²) >= 11 is 2.04. The fourth-order valence-corrected chi connectivity index (χ4v) is 2.87. The highest BCUT2D eigenvalue weighted by Crippen LogP contribution is 2.20. The lowest BCUT2D eigenvalue weighted by Crippen LogP contribution is -2.39. The summed E-state index contributed by atoms with van der Waals surface area (Å²) in [4.78, 5) is 2.29. The minimum Gasteiger partial charge on any atom is -0.392 e. The van der Waals surface area contributed by atoms with Gasteiger partial charge in [0.15, 0.2) is 0 Å². The van der Waals surface area contributed by atoms with Crippen molar-refractivity contribution in [3.05, 3.63) is 0 Å². The van der Waals surface area contributed by atoms with E-state index in [1.54, 1.807) is 0 Å². The molecule has 0 bridgehead atoms. The van der Waals surface area contributed by atoms with E-state index in [-0.39, 0.29) is 6.10 Å². The van der Waals surface area contributed by atoms with E-state index in [2.05, 4.69) is 11.9 Å². The Bertz CT molecular complexity index is 124. The van der Waals surface area contributed by atoms with E-state index in [0.29, 0.717) is 6.04 Å². The van der Waals surface area contributed by atoms with Gasteiger partial charge in [-0.3, -0.25) is 0 Å². The summed E-state index contributed by atoms with van der Waals surface area (Å²) in [5, 5.41) is 9.20. The topological polar surface area (TPSA) is 23.5 Å². The molecule has 1 N–H and O–H groups in total. The number of rotatable bonds is 3. The van der Waals surface area contributed by atoms with Crippen molar-refractivity contribution in [1.29, 1.82) is 0 Å². The molecule has 1 fully saturated rings. The van der Waals surface area contributed by atoms with Crippen LogP contribution in [0.15, 0.2) is 0 Å². The molecule has 12 heavy (non-hydrogen) atoms. The Hall–Kier alpha value is 0.270. The first-order valence-electron chi connectivity index (χ1n) is 4.66. The summed E-state index contributed by atoms with van der Waals surface area (Å²) in [5.74, 6) is 2.56. The van der Waals surface area contributed by atoms with Crippen LogP contribution in [0.25, 0.3) is 0 Å². The molecular weight excluding hydrogens is 170 g/mol. The highest BCUT2D eigenvalue weighted by atomic mass is 32.2. The summed E-state index contributed by atoms with van der Waals surface area (Å²) in [6.07, 6.45) is 2.44. The Balaban J connectivity index is 2.24. The molecule has 0 spiro atoms. The van der Waals surface area contributed by atoms with Crippen LogP contribution in [-0.2, 0) is 0 Å². The number of aliphatic hydroxyl groups is 1. The number of hydrogen-bond donors (Lipinski definition) is 1. The van der Waals surface area contributed by atoms with Crippen LogP contribution < -0.4 is 0 Å². The summed E-state index contributed by atoms with van der Waals surface area (Å²) in [6, 6.07) is 0.693. The van der Waals surface area contributed by atoms with Crippen LogP contribution in [0.5, 0.6) is 0 Å². The third kappa shape index (κ3) is 3.33. The molecule has 0 aliphatic carbocycles. The lowest BCUT2D eigenvalue weighted by Gasteiger charge is -2.31. The maximum Gasteiger partial charge on any atom is 0.0639 e. The first-order valence-corrected chi connectivity index (χ1v) is 5.81. The minimum atomic E-state index is -0.193. The van der Waals surface area contributed by atoms with Crippen molar-refractivity contribution in [2.24, 2.45) is 0 Å². The predicted octanol–water partition coefficient (Wildman–Crippen LogP) is 1.19. The molecule has 72 valence electrons. The molecule has 0 aromatic rings. The first-order chi connectivity index (χ1) is 5.70. The molecule has 0 saturated carbocycles. The molecule has 1 saturated heterocycles. The van der Waals surface area contributed by atoms with Gasteiger partial charge in [0.05, 0.1) is 6.10 Å². The Morgan fingerprint density at radius 1 is 1.67 bits per heavy atom. The van der Waals surface area contributed by atoms with Gasteiger partial charge in [0.25, 0.3) is 0 Å². The van der Waals surface area contributed by atoms with Crippen molar-refractivity contribution in [3.63, 3.8) is 0 Å². The molecule has 2 unspecified atom stereocenters. The van der Waals surface area contributed by atoms with E-state index in [1.807, 2.05) is 18.7 Å². The number of nitrogens with zero attached hydrogens (tertiary/aromatic N) is 1. The van der Waals surface area contributed by atoms with E-state index < -0.39 is 0 Å². The second-order valence-corrected chi connectivity index (χ2v) is 4.81. The Kier molecular flexibility index (Phi) is 4.40. The summed E-state index contributed by atoms with van der Waals surface area (Å²) in [6.45, 7) is 2.66. The average molecular weight is 189 g/mol. The van der Waals surface area contributed by atoms with E-state index in [4.69, 9.17) is 0 Å². The highest BCUT2D eigenvalue weighted by molar-refractivity contribution is 7.99. The lowest BCUT2D eigenvalue weighted by atomic mass is 10.1. The van der Waals surface area contributed by atoms with Crippen molar-refractivity contribution in [2.75, 3.05) is 25.1 Å². The number of aliphatic hydroxyl groups excluding tert-OH is 1. The Morgan fingerprint density at radius 2 is 2.42 bits per heavy atom. The van der Waals surface area contributed by atoms with Crippen LogP contribution in [0.1, 0.15) is 19.8 Å². The van der Waals surface area contributed by atoms with Crippen LogP contribution in [-0.4, -0.2) is 47.3 Å². The van der Waals surface area contributed by atoms with Crippen molar-refractivity contribution >= 4 is 11.8 Å². The van der Waals surface area contributed by atoms with Crippen LogP contribution in [0.4, 0.5) is 0 Å². The molecule has 0 radical (unpaired) electrons. The highest BCUT2D eigenvalue weighted by Gasteiger charge is 2.18. The second-order valence-electron chi connectivity index (χ2n) is 3.66. The maximum absolute atomic E-state index is 9.20. The van der Waals surface area contributed by atoms with Gasteiger partial charge in [-0.2, -0.15) is 11.8 Å². The predicted molar refractivity (Wildman–Crippen MR) is 54.7 cm³/mol. The molecule has 2 atom stereocenters. The molecule has 0 amide bonds. The molecule has 0 aromatic carbocycles. The number of thioether (sulfide) groups is 1. The zero-order chi connectivity index (χ0) is 8.97. The summed E-state index contributed by atoms with van der Waals surface area (Å²) in [7, 11) is 2.11. The van der Waals surface area contributed by atoms with Crippen molar-refractivity contribution in [1.82, 2.24) is 4.90 Å². The van der Waals surface area contributed by atoms with Gasteiger partial charge in [0, 0.05) is 18.3 Å². The van der Waals surface area contributed by atoms with Gasteiger partial charge < -0.3 is 10.0 Å². The van der Waals surface area contributed by atoms with E-state index in [1.165, 1.54) is 24.3 Å². The fraction of sp³-hybridized carbons (Fsp3) is 1.00. The molecule has 2 nitrogen and oxygen atoms in total. The molecule has 1 rings (SSSR count). The van der Waals surface area contributed by atoms with Crippen molar-refractivity contribution in [2.45, 2.75) is 31.9 Å². The van der Waals surface area contributed by atoms with Crippen LogP contribution >= 0.6 is 11.8 Å². The first kappa shape index (κ1) is 10.4. The van der Waals surface area contributed by atoms with Crippen LogP contribution in [0, 0.1) is 0 Å². The monoisotopic (exact) mass is 189 g/mol. The Labute approximate surface area is 79.3 Å². The standard InChI is InChI=1S/C9H19NOS/c1-8(11)6-10(2)9-4-3-5-12-7-9/h8-9,11H,3-7H2,1-2H3. The van der Waals surface area contributed by atoms with Gasteiger partial charge in [-0.05, 0) is 32.6 Å². The minimum absolute atomic E-state index is 0.193. The fourth-order valence-electron chi connectivity index (χ4n) is 1.64. The zero-order valence-electron chi connectivity index (χ0n) is 7.99. The molecule has 0 aromatic heterocycles. The van der Waals surface area contributed by atoms with Gasteiger partial charge >= 0.3 is 0 Å². The van der Waals surface area contributed by atoms with E-state index in [0.717, 1.165) is 6.54 Å². The van der Waals surface area contributed by atoms with Crippen LogP contribution in [0.2, 0.25) is 0 Å². The normalized spacial score (nSPS) is 27.5. The quantitative estimate of drug-likeness (QED) is 0.721. The van der Waals surface area contributed by atoms with E-state index >= 15 is 0 Å². The smallest absolute Gasteiger partial charge is 0.0639 e. The van der Waals surface area contributed by atoms with Gasteiger partial charge in [-0.15, -0.1) is 0 Å². The lowest BCUT2D eigenvalue weighted by molar-refractivity contribution is 0.119. The average Bonchev–Trinajstić information content (AvgIpc) is 2.05. The molecule has 1 aliphatic heterocycles. The van der Waals surface area contributed by atoms with Gasteiger partial charge in [-0.25, -0.2) is 0 Å². The van der Waals surface area contributed by atoms with Crippen molar-refractivity contribution < 1.29 is 5.11 Å². The Morgan fingerprint density at radius 3 is 2.92 bits per heavy atom. The third-order valence-corrected chi connectivity index (χ3v) is 3.51. The molecule has 1 aliphatic rings. The molecule has 3 heteroatoms. The van der Waals surface area contributed by atoms with Gasteiger partial charge in [0.1, 0.15) is 0 Å². The van der Waals surface area contributed by atoms with Gasteiger partial charge in [-0.1, -0.05) is 0 Å².